The molecule has 1 heterocycles. The Morgan fingerprint density at radius 3 is 2.52 bits per heavy atom. The second kappa shape index (κ2) is 5.93. The fourth-order valence-corrected chi connectivity index (χ4v) is 2.65. The number of benzene rings is 1. The average molecular weight is 367 g/mol. The van der Waals surface area contributed by atoms with Crippen molar-refractivity contribution < 1.29 is 0 Å². The molecule has 3 rings (SSSR count). The Morgan fingerprint density at radius 2 is 1.90 bits per heavy atom. The highest BCUT2D eigenvalue weighted by Gasteiger charge is 2.28. The maximum Gasteiger partial charge on any atom is 0.137 e. The molecular formula is C16H17BrClN3. The Morgan fingerprint density at radius 1 is 1.24 bits per heavy atom. The van der Waals surface area contributed by atoms with E-state index in [1.807, 2.05) is 19.1 Å². The van der Waals surface area contributed by atoms with Crippen LogP contribution in [-0.4, -0.2) is 9.97 Å². The minimum Gasteiger partial charge on any atom is -0.363 e. The summed E-state index contributed by atoms with van der Waals surface area (Å²) in [6, 6.07) is 8.45. The summed E-state index contributed by atoms with van der Waals surface area (Å²) in [5.74, 6) is 2.20. The Labute approximate surface area is 138 Å². The van der Waals surface area contributed by atoms with E-state index in [0.29, 0.717) is 11.1 Å². The lowest BCUT2D eigenvalue weighted by Gasteiger charge is -2.17. The van der Waals surface area contributed by atoms with E-state index in [4.69, 9.17) is 11.6 Å². The molecule has 5 heteroatoms. The molecule has 1 atom stereocenters. The summed E-state index contributed by atoms with van der Waals surface area (Å²) in [7, 11) is 0. The minimum atomic E-state index is 0.162. The van der Waals surface area contributed by atoms with Crippen molar-refractivity contribution in [3.63, 3.8) is 0 Å². The van der Waals surface area contributed by atoms with E-state index < -0.39 is 0 Å². The highest BCUT2D eigenvalue weighted by molar-refractivity contribution is 9.10. The summed E-state index contributed by atoms with van der Waals surface area (Å²) in [6.45, 7) is 4.07. The van der Waals surface area contributed by atoms with Crippen molar-refractivity contribution in [3.8, 4) is 0 Å². The summed E-state index contributed by atoms with van der Waals surface area (Å²) >= 11 is 9.70. The summed E-state index contributed by atoms with van der Waals surface area (Å²) in [5.41, 5.74) is 2.12. The van der Waals surface area contributed by atoms with Crippen molar-refractivity contribution >= 4 is 33.3 Å². The molecule has 21 heavy (non-hydrogen) atoms. The maximum atomic E-state index is 6.24. The van der Waals surface area contributed by atoms with E-state index in [1.165, 1.54) is 18.4 Å². The Bertz CT molecular complexity index is 653. The smallest absolute Gasteiger partial charge is 0.137 e. The third-order valence-corrected chi connectivity index (χ3v) is 4.67. The van der Waals surface area contributed by atoms with Gasteiger partial charge >= 0.3 is 0 Å². The molecule has 1 unspecified atom stereocenters. The van der Waals surface area contributed by atoms with Crippen molar-refractivity contribution in [3.05, 3.63) is 50.8 Å². The first kappa shape index (κ1) is 14.8. The largest absolute Gasteiger partial charge is 0.363 e. The molecule has 0 bridgehead atoms. The lowest BCUT2D eigenvalue weighted by Crippen LogP contribution is -2.11. The molecule has 2 aromatic rings. The third kappa shape index (κ3) is 3.38. The van der Waals surface area contributed by atoms with Crippen LogP contribution in [0.5, 0.6) is 0 Å². The number of anilines is 1. The standard InChI is InChI=1S/C16H17BrClN3/c1-9-14(18)20-16(12-3-4-12)21-15(9)19-10(2)11-5-7-13(17)8-6-11/h5-8,10,12H,3-4H2,1-2H3,(H,19,20,21). The van der Waals surface area contributed by atoms with Gasteiger partial charge in [0.2, 0.25) is 0 Å². The van der Waals surface area contributed by atoms with Crippen LogP contribution in [0.25, 0.3) is 0 Å². The van der Waals surface area contributed by atoms with Crippen molar-refractivity contribution in [2.24, 2.45) is 0 Å². The van der Waals surface area contributed by atoms with Gasteiger partial charge in [-0.15, -0.1) is 0 Å². The number of aromatic nitrogens is 2. The number of hydrogen-bond acceptors (Lipinski definition) is 3. The van der Waals surface area contributed by atoms with Gasteiger partial charge in [-0.25, -0.2) is 9.97 Å². The van der Waals surface area contributed by atoms with Crippen molar-refractivity contribution in [1.29, 1.82) is 0 Å². The predicted octanol–water partition coefficient (Wildman–Crippen LogP) is 5.25. The summed E-state index contributed by atoms with van der Waals surface area (Å²) in [6.07, 6.45) is 2.34. The molecule has 1 aliphatic rings. The SMILES string of the molecule is Cc1c(Cl)nc(C2CC2)nc1NC(C)c1ccc(Br)cc1. The molecule has 1 aliphatic carbocycles. The van der Waals surface area contributed by atoms with Crippen LogP contribution in [0.3, 0.4) is 0 Å². The van der Waals surface area contributed by atoms with Gasteiger partial charge in [0.05, 0.1) is 0 Å². The molecule has 0 aliphatic heterocycles. The predicted molar refractivity (Wildman–Crippen MR) is 89.9 cm³/mol. The zero-order chi connectivity index (χ0) is 15.0. The van der Waals surface area contributed by atoms with Crippen LogP contribution >= 0.6 is 27.5 Å². The van der Waals surface area contributed by atoms with Gasteiger partial charge in [0.15, 0.2) is 0 Å². The molecule has 1 aromatic heterocycles. The van der Waals surface area contributed by atoms with Gasteiger partial charge in [-0.2, -0.15) is 0 Å². The molecule has 0 amide bonds. The van der Waals surface area contributed by atoms with Gasteiger partial charge in [0.25, 0.3) is 0 Å². The van der Waals surface area contributed by atoms with E-state index in [9.17, 15) is 0 Å². The minimum absolute atomic E-state index is 0.162. The molecule has 110 valence electrons. The maximum absolute atomic E-state index is 6.24. The van der Waals surface area contributed by atoms with Crippen molar-refractivity contribution in [1.82, 2.24) is 9.97 Å². The van der Waals surface area contributed by atoms with E-state index in [-0.39, 0.29) is 6.04 Å². The molecular weight excluding hydrogens is 350 g/mol. The quantitative estimate of drug-likeness (QED) is 0.751. The number of rotatable bonds is 4. The van der Waals surface area contributed by atoms with Gasteiger partial charge < -0.3 is 5.32 Å². The monoisotopic (exact) mass is 365 g/mol. The second-order valence-electron chi connectivity index (χ2n) is 5.54. The molecule has 0 saturated heterocycles. The van der Waals surface area contributed by atoms with E-state index in [0.717, 1.165) is 21.7 Å². The van der Waals surface area contributed by atoms with Gasteiger partial charge in [-0.1, -0.05) is 39.7 Å². The van der Waals surface area contributed by atoms with Crippen LogP contribution in [0, 0.1) is 6.92 Å². The van der Waals surface area contributed by atoms with Crippen LogP contribution in [0.4, 0.5) is 5.82 Å². The van der Waals surface area contributed by atoms with Crippen LogP contribution in [0.1, 0.15) is 48.7 Å². The van der Waals surface area contributed by atoms with Gasteiger partial charge in [-0.3, -0.25) is 0 Å². The molecule has 1 fully saturated rings. The topological polar surface area (TPSA) is 37.8 Å². The van der Waals surface area contributed by atoms with Crippen LogP contribution in [0.15, 0.2) is 28.7 Å². The van der Waals surface area contributed by atoms with Gasteiger partial charge in [-0.05, 0) is 44.4 Å². The Kier molecular flexibility index (Phi) is 4.18. The average Bonchev–Trinajstić information content (AvgIpc) is 3.29. The van der Waals surface area contributed by atoms with E-state index in [2.05, 4.69) is 50.3 Å². The highest BCUT2D eigenvalue weighted by Crippen LogP contribution is 2.39. The van der Waals surface area contributed by atoms with E-state index >= 15 is 0 Å². The summed E-state index contributed by atoms with van der Waals surface area (Å²) < 4.78 is 1.08. The molecule has 0 spiro atoms. The first-order valence-electron chi connectivity index (χ1n) is 7.10. The number of nitrogens with one attached hydrogen (secondary N) is 1. The highest BCUT2D eigenvalue weighted by atomic mass is 79.9. The lowest BCUT2D eigenvalue weighted by atomic mass is 10.1. The first-order chi connectivity index (χ1) is 10.0. The van der Waals surface area contributed by atoms with Gasteiger partial charge in [0.1, 0.15) is 16.8 Å². The zero-order valence-electron chi connectivity index (χ0n) is 12.0. The molecule has 3 nitrogen and oxygen atoms in total. The fourth-order valence-electron chi connectivity index (χ4n) is 2.21. The molecule has 1 saturated carbocycles. The van der Waals surface area contributed by atoms with Crippen LogP contribution in [0.2, 0.25) is 5.15 Å². The van der Waals surface area contributed by atoms with Crippen LogP contribution in [-0.2, 0) is 0 Å². The molecule has 1 N–H and O–H groups in total. The van der Waals surface area contributed by atoms with Crippen molar-refractivity contribution in [2.45, 2.75) is 38.6 Å². The Hall–Kier alpha value is -1.13. The third-order valence-electron chi connectivity index (χ3n) is 3.77. The van der Waals surface area contributed by atoms with Crippen molar-refractivity contribution in [2.75, 3.05) is 5.32 Å². The fraction of sp³-hybridized carbons (Fsp3) is 0.375. The number of nitrogens with zero attached hydrogens (tertiary/aromatic N) is 2. The normalized spacial score (nSPS) is 15.8. The first-order valence-corrected chi connectivity index (χ1v) is 8.27. The van der Waals surface area contributed by atoms with E-state index in [1.54, 1.807) is 0 Å². The lowest BCUT2D eigenvalue weighted by molar-refractivity contribution is 0.848. The van der Waals surface area contributed by atoms with Gasteiger partial charge in [0, 0.05) is 22.0 Å². The summed E-state index contributed by atoms with van der Waals surface area (Å²) in [5, 5.41) is 4.01. The zero-order valence-corrected chi connectivity index (χ0v) is 14.4. The van der Waals surface area contributed by atoms with Crippen LogP contribution < -0.4 is 5.32 Å². The summed E-state index contributed by atoms with van der Waals surface area (Å²) in [4.78, 5) is 9.06. The second-order valence-corrected chi connectivity index (χ2v) is 6.81. The number of hydrogen-bond donors (Lipinski definition) is 1. The Balaban J connectivity index is 1.84. The molecule has 0 radical (unpaired) electrons. The number of halogens is 2. The molecule has 1 aromatic carbocycles.